The van der Waals surface area contributed by atoms with E-state index < -0.39 is 0 Å². The van der Waals surface area contributed by atoms with Gasteiger partial charge in [0.15, 0.2) is 6.20 Å². The minimum Gasteiger partial charge on any atom is -0.618 e. The number of methoxy groups -OCH3 is 1. The number of rotatable bonds is 1. The highest BCUT2D eigenvalue weighted by Crippen LogP contribution is 2.31. The average Bonchev–Trinajstić information content (AvgIpc) is 2.80. The van der Waals surface area contributed by atoms with Crippen molar-refractivity contribution < 1.29 is 9.47 Å². The Balaban J connectivity index is 2.40. The average molecular weight is 266 g/mol. The van der Waals surface area contributed by atoms with Crippen LogP contribution in [0.25, 0.3) is 27.3 Å². The van der Waals surface area contributed by atoms with Crippen LogP contribution in [0.3, 0.4) is 0 Å². The molecule has 0 spiro atoms. The van der Waals surface area contributed by atoms with Crippen LogP contribution in [0.15, 0.2) is 47.4 Å². The molecule has 0 aliphatic rings. The molecule has 0 saturated carbocycles. The first kappa shape index (κ1) is 11.0. The second-order valence-electron chi connectivity index (χ2n) is 4.68. The standard InChI is InChI=1S/C15H10N2O3/c1-20-9-2-3-12-11(8-9)10-6-7-16(19)13-4-5-14(18)17(12)15(10)13/h2-8H,1H3. The van der Waals surface area contributed by atoms with Crippen molar-refractivity contribution >= 4 is 27.3 Å². The fourth-order valence-electron chi connectivity index (χ4n) is 2.78. The van der Waals surface area contributed by atoms with Crippen LogP contribution in [0.4, 0.5) is 0 Å². The van der Waals surface area contributed by atoms with E-state index in [9.17, 15) is 10.0 Å². The van der Waals surface area contributed by atoms with Crippen molar-refractivity contribution in [2.75, 3.05) is 7.11 Å². The number of ether oxygens (including phenoxy) is 1. The van der Waals surface area contributed by atoms with Gasteiger partial charge in [-0.3, -0.25) is 9.20 Å². The van der Waals surface area contributed by atoms with Gasteiger partial charge in [-0.2, -0.15) is 4.73 Å². The molecule has 0 fully saturated rings. The molecule has 5 nitrogen and oxygen atoms in total. The number of fused-ring (bicyclic) bond motifs is 3. The lowest BCUT2D eigenvalue weighted by Gasteiger charge is -2.01. The highest BCUT2D eigenvalue weighted by molar-refractivity contribution is 6.12. The summed E-state index contributed by atoms with van der Waals surface area (Å²) in [4.78, 5) is 12.1. The fraction of sp³-hybridized carbons (Fsp3) is 0.0667. The molecule has 0 radical (unpaired) electrons. The lowest BCUT2D eigenvalue weighted by molar-refractivity contribution is -0.576. The summed E-state index contributed by atoms with van der Waals surface area (Å²) in [5, 5.41) is 13.6. The van der Waals surface area contributed by atoms with E-state index in [0.717, 1.165) is 26.8 Å². The topological polar surface area (TPSA) is 57.7 Å². The van der Waals surface area contributed by atoms with Gasteiger partial charge in [0.1, 0.15) is 11.3 Å². The Hall–Kier alpha value is -2.82. The van der Waals surface area contributed by atoms with Crippen molar-refractivity contribution in [3.63, 3.8) is 0 Å². The van der Waals surface area contributed by atoms with Crippen LogP contribution in [0.1, 0.15) is 0 Å². The molecule has 20 heavy (non-hydrogen) atoms. The molecule has 0 aliphatic carbocycles. The number of nitrogens with zero attached hydrogens (tertiary/aromatic N) is 2. The van der Waals surface area contributed by atoms with Crippen molar-refractivity contribution in [1.82, 2.24) is 4.40 Å². The van der Waals surface area contributed by atoms with E-state index >= 15 is 0 Å². The first-order valence-corrected chi connectivity index (χ1v) is 6.17. The number of hydrogen-bond acceptors (Lipinski definition) is 3. The number of hydrogen-bond donors (Lipinski definition) is 0. The van der Waals surface area contributed by atoms with Crippen molar-refractivity contribution in [2.45, 2.75) is 0 Å². The molecule has 1 aromatic carbocycles. The van der Waals surface area contributed by atoms with Crippen LogP contribution in [-0.4, -0.2) is 11.5 Å². The molecule has 0 unspecified atom stereocenters. The lowest BCUT2D eigenvalue weighted by Crippen LogP contribution is -2.27. The molecule has 4 aromatic rings. The second kappa shape index (κ2) is 3.60. The molecule has 0 N–H and O–H groups in total. The maximum atomic E-state index is 12.1. The Labute approximate surface area is 113 Å². The maximum absolute atomic E-state index is 12.1. The van der Waals surface area contributed by atoms with Crippen LogP contribution in [0.2, 0.25) is 0 Å². The summed E-state index contributed by atoms with van der Waals surface area (Å²) in [6.45, 7) is 0. The Kier molecular flexibility index (Phi) is 1.99. The van der Waals surface area contributed by atoms with Gasteiger partial charge < -0.3 is 9.94 Å². The normalized spacial score (nSPS) is 11.7. The molecule has 0 saturated heterocycles. The van der Waals surface area contributed by atoms with Gasteiger partial charge in [-0.1, -0.05) is 0 Å². The van der Waals surface area contributed by atoms with Crippen molar-refractivity contribution in [3.8, 4) is 5.75 Å². The molecule has 0 atom stereocenters. The second-order valence-corrected chi connectivity index (χ2v) is 4.68. The van der Waals surface area contributed by atoms with Gasteiger partial charge in [0.2, 0.25) is 5.52 Å². The minimum atomic E-state index is -0.145. The summed E-state index contributed by atoms with van der Waals surface area (Å²) < 4.78 is 7.59. The third-order valence-electron chi connectivity index (χ3n) is 3.67. The third kappa shape index (κ3) is 1.21. The summed E-state index contributed by atoms with van der Waals surface area (Å²) in [7, 11) is 1.60. The van der Waals surface area contributed by atoms with E-state index in [1.165, 1.54) is 12.3 Å². The van der Waals surface area contributed by atoms with Crippen LogP contribution >= 0.6 is 0 Å². The van der Waals surface area contributed by atoms with Crippen LogP contribution in [0.5, 0.6) is 5.75 Å². The minimum absolute atomic E-state index is 0.145. The summed E-state index contributed by atoms with van der Waals surface area (Å²) in [6, 6.07) is 10.2. The summed E-state index contributed by atoms with van der Waals surface area (Å²) in [5.74, 6) is 0.719. The Morgan fingerprint density at radius 1 is 1.15 bits per heavy atom. The SMILES string of the molecule is COc1ccc2c(c1)c1cc[n+]([O-])c3ccc(=O)n2c13. The van der Waals surface area contributed by atoms with Crippen molar-refractivity contribution in [2.24, 2.45) is 0 Å². The highest BCUT2D eigenvalue weighted by atomic mass is 16.5. The zero-order chi connectivity index (χ0) is 13.9. The predicted octanol–water partition coefficient (Wildman–Crippen LogP) is 1.69. The summed E-state index contributed by atoms with van der Waals surface area (Å²) in [6.07, 6.45) is 1.46. The van der Waals surface area contributed by atoms with Crippen molar-refractivity contribution in [1.29, 1.82) is 0 Å². The third-order valence-corrected chi connectivity index (χ3v) is 3.67. The Morgan fingerprint density at radius 3 is 2.80 bits per heavy atom. The molecular weight excluding hydrogens is 256 g/mol. The zero-order valence-electron chi connectivity index (χ0n) is 10.7. The van der Waals surface area contributed by atoms with Crippen LogP contribution in [0, 0.1) is 5.21 Å². The largest absolute Gasteiger partial charge is 0.618 e. The van der Waals surface area contributed by atoms with Gasteiger partial charge in [0.05, 0.1) is 12.6 Å². The summed E-state index contributed by atoms with van der Waals surface area (Å²) in [5.41, 5.74) is 1.77. The summed E-state index contributed by atoms with van der Waals surface area (Å²) >= 11 is 0. The van der Waals surface area contributed by atoms with Crippen LogP contribution < -0.4 is 15.0 Å². The number of aromatic nitrogens is 2. The van der Waals surface area contributed by atoms with E-state index in [1.807, 2.05) is 12.1 Å². The van der Waals surface area contributed by atoms with E-state index in [0.29, 0.717) is 11.0 Å². The van der Waals surface area contributed by atoms with Gasteiger partial charge >= 0.3 is 0 Å². The monoisotopic (exact) mass is 266 g/mol. The van der Waals surface area contributed by atoms with E-state index in [1.54, 1.807) is 29.7 Å². The van der Waals surface area contributed by atoms with Gasteiger partial charge in [0, 0.05) is 29.0 Å². The maximum Gasteiger partial charge on any atom is 0.256 e. The molecule has 3 aromatic heterocycles. The lowest BCUT2D eigenvalue weighted by atomic mass is 10.1. The van der Waals surface area contributed by atoms with E-state index in [-0.39, 0.29) is 5.56 Å². The highest BCUT2D eigenvalue weighted by Gasteiger charge is 2.17. The van der Waals surface area contributed by atoms with E-state index in [4.69, 9.17) is 4.74 Å². The van der Waals surface area contributed by atoms with Gasteiger partial charge in [-0.05, 0) is 18.2 Å². The first-order chi connectivity index (χ1) is 9.70. The first-order valence-electron chi connectivity index (χ1n) is 6.17. The smallest absolute Gasteiger partial charge is 0.256 e. The van der Waals surface area contributed by atoms with Crippen LogP contribution in [-0.2, 0) is 0 Å². The number of benzene rings is 1. The number of pyridine rings is 2. The van der Waals surface area contributed by atoms with Crippen molar-refractivity contribution in [3.05, 3.63) is 58.2 Å². The van der Waals surface area contributed by atoms with E-state index in [2.05, 4.69) is 0 Å². The molecule has 98 valence electrons. The molecule has 4 rings (SSSR count). The van der Waals surface area contributed by atoms with Gasteiger partial charge in [-0.25, -0.2) is 0 Å². The fourth-order valence-corrected chi connectivity index (χ4v) is 2.78. The molecule has 5 heteroatoms. The quantitative estimate of drug-likeness (QED) is 0.389. The molecule has 0 amide bonds. The Morgan fingerprint density at radius 2 is 2.00 bits per heavy atom. The van der Waals surface area contributed by atoms with Gasteiger partial charge in [0.25, 0.3) is 5.56 Å². The Bertz CT molecular complexity index is 1020. The van der Waals surface area contributed by atoms with Gasteiger partial charge in [-0.15, -0.1) is 0 Å². The molecule has 3 heterocycles. The molecule has 0 bridgehead atoms. The zero-order valence-corrected chi connectivity index (χ0v) is 10.7. The molecular formula is C15H10N2O3. The molecule has 0 aliphatic heterocycles. The predicted molar refractivity (Wildman–Crippen MR) is 75.4 cm³/mol.